The van der Waals surface area contributed by atoms with E-state index in [0.717, 1.165) is 38.5 Å². The molecule has 1 rings (SSSR count). The lowest BCUT2D eigenvalue weighted by Gasteiger charge is -2.34. The lowest BCUT2D eigenvalue weighted by atomic mass is 9.80. The largest absolute Gasteiger partial charge is 0.391 e. The number of nitrogens with one attached hydrogen (secondary N) is 1. The molecule has 0 radical (unpaired) electrons. The van der Waals surface area contributed by atoms with Crippen LogP contribution in [0.3, 0.4) is 0 Å². The summed E-state index contributed by atoms with van der Waals surface area (Å²) < 4.78 is 0. The molecule has 0 saturated heterocycles. The van der Waals surface area contributed by atoms with Crippen molar-refractivity contribution in [3.05, 3.63) is 0 Å². The van der Waals surface area contributed by atoms with Gasteiger partial charge >= 0.3 is 0 Å². The highest BCUT2D eigenvalue weighted by Crippen LogP contribution is 2.26. The van der Waals surface area contributed by atoms with Crippen molar-refractivity contribution in [2.24, 2.45) is 11.1 Å². The highest BCUT2D eigenvalue weighted by atomic mass is 16.3. The van der Waals surface area contributed by atoms with Crippen molar-refractivity contribution in [1.29, 1.82) is 0 Å². The van der Waals surface area contributed by atoms with Gasteiger partial charge in [-0.05, 0) is 25.7 Å². The van der Waals surface area contributed by atoms with Gasteiger partial charge < -0.3 is 16.2 Å². The lowest BCUT2D eigenvalue weighted by Crippen LogP contribution is -2.52. The van der Waals surface area contributed by atoms with Gasteiger partial charge in [-0.1, -0.05) is 26.7 Å². The summed E-state index contributed by atoms with van der Waals surface area (Å²) in [6.07, 6.45) is 4.90. The van der Waals surface area contributed by atoms with Crippen molar-refractivity contribution in [1.82, 2.24) is 5.32 Å². The van der Waals surface area contributed by atoms with E-state index in [1.807, 2.05) is 13.8 Å². The fourth-order valence-electron chi connectivity index (χ4n) is 2.55. The van der Waals surface area contributed by atoms with Crippen LogP contribution in [0.15, 0.2) is 0 Å². The Morgan fingerprint density at radius 2 is 1.94 bits per heavy atom. The standard InChI is InChI=1S/C13H26N2O2/c1-3-13(4-2,9-14)12(17)15-10-7-5-6-8-11(10)16/h10-11,16H,3-9,14H2,1-2H3,(H,15,17)/t10-,11-/m0/s1. The number of carbonyl (C=O) groups excluding carboxylic acids is 1. The van der Waals surface area contributed by atoms with Crippen LogP contribution in [0.1, 0.15) is 52.4 Å². The van der Waals surface area contributed by atoms with Gasteiger partial charge in [0.05, 0.1) is 17.6 Å². The van der Waals surface area contributed by atoms with Crippen molar-refractivity contribution in [3.63, 3.8) is 0 Å². The summed E-state index contributed by atoms with van der Waals surface area (Å²) in [7, 11) is 0. The van der Waals surface area contributed by atoms with E-state index >= 15 is 0 Å². The van der Waals surface area contributed by atoms with Crippen LogP contribution in [0, 0.1) is 5.41 Å². The van der Waals surface area contributed by atoms with Gasteiger partial charge in [-0.25, -0.2) is 0 Å². The minimum Gasteiger partial charge on any atom is -0.391 e. The first-order valence-corrected chi connectivity index (χ1v) is 6.78. The van der Waals surface area contributed by atoms with E-state index < -0.39 is 11.5 Å². The van der Waals surface area contributed by atoms with Crippen LogP contribution in [-0.4, -0.2) is 29.7 Å². The van der Waals surface area contributed by atoms with Crippen LogP contribution in [-0.2, 0) is 4.79 Å². The summed E-state index contributed by atoms with van der Waals surface area (Å²) in [6.45, 7) is 4.36. The molecule has 1 aliphatic carbocycles. The Bertz CT molecular complexity index is 244. The number of amides is 1. The maximum Gasteiger partial charge on any atom is 0.227 e. The first kappa shape index (κ1) is 14.5. The molecule has 4 heteroatoms. The number of hydrogen-bond donors (Lipinski definition) is 3. The van der Waals surface area contributed by atoms with Gasteiger partial charge in [0, 0.05) is 6.54 Å². The molecule has 4 nitrogen and oxygen atoms in total. The Labute approximate surface area is 104 Å². The van der Waals surface area contributed by atoms with E-state index in [2.05, 4.69) is 5.32 Å². The molecular formula is C13H26N2O2. The maximum atomic E-state index is 12.3. The molecule has 100 valence electrons. The Hall–Kier alpha value is -0.610. The zero-order chi connectivity index (χ0) is 12.9. The number of aliphatic hydroxyl groups excluding tert-OH is 1. The number of nitrogens with two attached hydrogens (primary N) is 1. The average molecular weight is 242 g/mol. The van der Waals surface area contributed by atoms with Gasteiger partial charge in [0.2, 0.25) is 5.91 Å². The third-order valence-corrected chi connectivity index (χ3v) is 4.27. The summed E-state index contributed by atoms with van der Waals surface area (Å²) in [5.74, 6) is 0.0101. The quantitative estimate of drug-likeness (QED) is 0.677. The lowest BCUT2D eigenvalue weighted by molar-refractivity contribution is -0.133. The molecule has 1 aliphatic rings. The highest BCUT2D eigenvalue weighted by Gasteiger charge is 2.36. The van der Waals surface area contributed by atoms with Crippen molar-refractivity contribution >= 4 is 5.91 Å². The maximum absolute atomic E-state index is 12.3. The third-order valence-electron chi connectivity index (χ3n) is 4.27. The number of hydrogen-bond acceptors (Lipinski definition) is 3. The monoisotopic (exact) mass is 242 g/mol. The molecule has 4 N–H and O–H groups in total. The zero-order valence-electron chi connectivity index (χ0n) is 11.0. The van der Waals surface area contributed by atoms with E-state index in [9.17, 15) is 9.90 Å². The van der Waals surface area contributed by atoms with E-state index in [1.165, 1.54) is 0 Å². The molecule has 0 aromatic heterocycles. The van der Waals surface area contributed by atoms with Crippen molar-refractivity contribution < 1.29 is 9.90 Å². The summed E-state index contributed by atoms with van der Waals surface area (Å²) in [4.78, 5) is 12.3. The van der Waals surface area contributed by atoms with E-state index in [1.54, 1.807) is 0 Å². The fourth-order valence-corrected chi connectivity index (χ4v) is 2.55. The first-order valence-electron chi connectivity index (χ1n) is 6.78. The molecule has 1 fully saturated rings. The van der Waals surface area contributed by atoms with Gasteiger partial charge in [0.1, 0.15) is 0 Å². The molecule has 0 bridgehead atoms. The second-order valence-electron chi connectivity index (χ2n) is 5.12. The number of aliphatic hydroxyl groups is 1. The Morgan fingerprint density at radius 3 is 2.41 bits per heavy atom. The van der Waals surface area contributed by atoms with Crippen LogP contribution in [0.25, 0.3) is 0 Å². The smallest absolute Gasteiger partial charge is 0.227 e. The second-order valence-corrected chi connectivity index (χ2v) is 5.12. The normalized spacial score (nSPS) is 25.6. The van der Waals surface area contributed by atoms with Crippen LogP contribution in [0.5, 0.6) is 0 Å². The summed E-state index contributed by atoms with van der Waals surface area (Å²) in [5.41, 5.74) is 5.29. The SMILES string of the molecule is CCC(CC)(CN)C(=O)N[C@H]1CCCC[C@@H]1O. The molecule has 0 aliphatic heterocycles. The summed E-state index contributed by atoms with van der Waals surface area (Å²) in [5, 5.41) is 12.8. The topological polar surface area (TPSA) is 75.4 Å². The Kier molecular flexibility index (Phi) is 5.40. The average Bonchev–Trinajstić information content (AvgIpc) is 2.35. The van der Waals surface area contributed by atoms with Gasteiger partial charge in [-0.15, -0.1) is 0 Å². The second kappa shape index (κ2) is 6.36. The minimum atomic E-state index is -0.461. The Morgan fingerprint density at radius 1 is 1.35 bits per heavy atom. The van der Waals surface area contributed by atoms with E-state index in [0.29, 0.717) is 6.54 Å². The van der Waals surface area contributed by atoms with Crippen LogP contribution < -0.4 is 11.1 Å². The molecule has 1 saturated carbocycles. The van der Waals surface area contributed by atoms with Crippen LogP contribution in [0.4, 0.5) is 0 Å². The molecule has 1 amide bonds. The molecular weight excluding hydrogens is 216 g/mol. The van der Waals surface area contributed by atoms with Crippen LogP contribution >= 0.6 is 0 Å². The summed E-state index contributed by atoms with van der Waals surface area (Å²) >= 11 is 0. The molecule has 0 aromatic rings. The van der Waals surface area contributed by atoms with Gasteiger partial charge in [-0.3, -0.25) is 4.79 Å². The van der Waals surface area contributed by atoms with E-state index in [4.69, 9.17) is 5.73 Å². The third kappa shape index (κ3) is 3.19. The predicted octanol–water partition coefficient (Wildman–Crippen LogP) is 1.17. The van der Waals surface area contributed by atoms with Gasteiger partial charge in [-0.2, -0.15) is 0 Å². The molecule has 17 heavy (non-hydrogen) atoms. The number of rotatable bonds is 5. The molecule has 0 spiro atoms. The molecule has 0 heterocycles. The minimum absolute atomic E-state index is 0.0101. The van der Waals surface area contributed by atoms with Gasteiger partial charge in [0.15, 0.2) is 0 Å². The zero-order valence-corrected chi connectivity index (χ0v) is 11.0. The first-order chi connectivity index (χ1) is 8.09. The molecule has 2 atom stereocenters. The van der Waals surface area contributed by atoms with Crippen LogP contribution in [0.2, 0.25) is 0 Å². The highest BCUT2D eigenvalue weighted by molar-refractivity contribution is 5.83. The predicted molar refractivity (Wildman–Crippen MR) is 68.5 cm³/mol. The Balaban J connectivity index is 2.63. The summed E-state index contributed by atoms with van der Waals surface area (Å²) in [6, 6.07) is -0.0831. The number of carbonyl (C=O) groups is 1. The van der Waals surface area contributed by atoms with Crippen molar-refractivity contribution in [2.75, 3.05) is 6.54 Å². The molecule has 0 aromatic carbocycles. The van der Waals surface area contributed by atoms with E-state index in [-0.39, 0.29) is 11.9 Å². The van der Waals surface area contributed by atoms with Gasteiger partial charge in [0.25, 0.3) is 0 Å². The van der Waals surface area contributed by atoms with Crippen molar-refractivity contribution in [3.8, 4) is 0 Å². The molecule has 0 unspecified atom stereocenters. The fraction of sp³-hybridized carbons (Fsp3) is 0.923. The van der Waals surface area contributed by atoms with Crippen molar-refractivity contribution in [2.45, 2.75) is 64.5 Å².